The number of fused-ring (bicyclic) bond motifs is 1. The van der Waals surface area contributed by atoms with Gasteiger partial charge in [-0.15, -0.1) is 0 Å². The average molecular weight is 478 g/mol. The number of hydrogen-bond donors (Lipinski definition) is 0. The van der Waals surface area contributed by atoms with Crippen molar-refractivity contribution in [3.63, 3.8) is 0 Å². The lowest BCUT2D eigenvalue weighted by Crippen LogP contribution is -2.31. The zero-order valence-corrected chi connectivity index (χ0v) is 19.5. The second-order valence-corrected chi connectivity index (χ2v) is 8.63. The minimum Gasteiger partial charge on any atom is -0.472 e. The van der Waals surface area contributed by atoms with E-state index in [1.807, 2.05) is 30.3 Å². The molecule has 8 nitrogen and oxygen atoms in total. The predicted octanol–water partition coefficient (Wildman–Crippen LogP) is 5.06. The highest BCUT2D eigenvalue weighted by Gasteiger charge is 2.24. The number of nitrogens with zero attached hydrogens (tertiary/aromatic N) is 5. The Labute approximate surface area is 208 Å². The van der Waals surface area contributed by atoms with Crippen LogP contribution in [0.15, 0.2) is 78.9 Å². The van der Waals surface area contributed by atoms with Crippen molar-refractivity contribution in [3.05, 3.63) is 117 Å². The van der Waals surface area contributed by atoms with Crippen LogP contribution >= 0.6 is 0 Å². The number of nitro benzene ring substituents is 1. The van der Waals surface area contributed by atoms with Gasteiger partial charge in [0.05, 0.1) is 22.2 Å². The molecule has 4 aromatic rings. The van der Waals surface area contributed by atoms with Gasteiger partial charge < -0.3 is 4.74 Å². The second-order valence-electron chi connectivity index (χ2n) is 8.63. The topological polar surface area (TPSA) is 105 Å². The minimum absolute atomic E-state index is 0.0112. The highest BCUT2D eigenvalue weighted by Crippen LogP contribution is 2.31. The monoisotopic (exact) mass is 477 g/mol. The van der Waals surface area contributed by atoms with Crippen molar-refractivity contribution in [2.24, 2.45) is 0 Å². The first-order valence-electron chi connectivity index (χ1n) is 11.6. The molecule has 1 aliphatic heterocycles. The number of nitro groups is 1. The number of ether oxygens (including phenoxy) is 1. The third-order valence-corrected chi connectivity index (χ3v) is 6.12. The molecule has 8 heteroatoms. The third kappa shape index (κ3) is 5.22. The maximum absolute atomic E-state index is 11.3. The van der Waals surface area contributed by atoms with Crippen LogP contribution in [0.25, 0.3) is 11.4 Å². The normalized spacial score (nSPS) is 13.0. The van der Waals surface area contributed by atoms with Gasteiger partial charge >= 0.3 is 0 Å². The molecule has 0 unspecified atom stereocenters. The Hall–Kier alpha value is -4.61. The average Bonchev–Trinajstić information content (AvgIpc) is 2.92. The summed E-state index contributed by atoms with van der Waals surface area (Å²) < 4.78 is 6.21. The first-order valence-corrected chi connectivity index (χ1v) is 11.6. The molecule has 0 atom stereocenters. The van der Waals surface area contributed by atoms with Crippen molar-refractivity contribution < 1.29 is 9.66 Å². The molecule has 36 heavy (non-hydrogen) atoms. The molecule has 0 bridgehead atoms. The van der Waals surface area contributed by atoms with Crippen molar-refractivity contribution in [2.45, 2.75) is 26.1 Å². The molecule has 0 amide bonds. The quantitative estimate of drug-likeness (QED) is 0.271. The summed E-state index contributed by atoms with van der Waals surface area (Å²) in [5, 5.41) is 20.3. The van der Waals surface area contributed by atoms with Crippen LogP contribution in [0.5, 0.6) is 5.88 Å². The Morgan fingerprint density at radius 2 is 1.81 bits per heavy atom. The Morgan fingerprint density at radius 1 is 1.00 bits per heavy atom. The molecule has 178 valence electrons. The van der Waals surface area contributed by atoms with Crippen molar-refractivity contribution in [3.8, 4) is 23.3 Å². The van der Waals surface area contributed by atoms with Gasteiger partial charge in [-0.1, -0.05) is 54.6 Å². The number of nitriles is 1. The third-order valence-electron chi connectivity index (χ3n) is 6.12. The summed E-state index contributed by atoms with van der Waals surface area (Å²) in [5.74, 6) is 0.882. The van der Waals surface area contributed by atoms with Crippen LogP contribution in [0, 0.1) is 21.4 Å². The summed E-state index contributed by atoms with van der Waals surface area (Å²) >= 11 is 0. The van der Waals surface area contributed by atoms with Crippen LogP contribution in [0.1, 0.15) is 27.9 Å². The van der Waals surface area contributed by atoms with Crippen molar-refractivity contribution in [1.29, 1.82) is 5.26 Å². The lowest BCUT2D eigenvalue weighted by molar-refractivity contribution is -0.384. The highest BCUT2D eigenvalue weighted by atomic mass is 16.6. The van der Waals surface area contributed by atoms with Gasteiger partial charge in [0.15, 0.2) is 5.82 Å². The fraction of sp³-hybridized carbons (Fsp3) is 0.179. The van der Waals surface area contributed by atoms with Gasteiger partial charge in [-0.05, 0) is 23.3 Å². The summed E-state index contributed by atoms with van der Waals surface area (Å²) in [7, 11) is 0. The number of non-ortho nitro benzene ring substituents is 1. The summed E-state index contributed by atoms with van der Waals surface area (Å²) in [6.45, 7) is 2.56. The Morgan fingerprint density at radius 3 is 2.56 bits per heavy atom. The maximum atomic E-state index is 11.3. The second kappa shape index (κ2) is 10.3. The number of rotatable bonds is 7. The van der Waals surface area contributed by atoms with Crippen LogP contribution in [-0.4, -0.2) is 26.3 Å². The summed E-state index contributed by atoms with van der Waals surface area (Å²) in [5.41, 5.74) is 5.11. The van der Waals surface area contributed by atoms with E-state index >= 15 is 0 Å². The Balaban J connectivity index is 1.47. The van der Waals surface area contributed by atoms with Gasteiger partial charge in [0.25, 0.3) is 5.69 Å². The zero-order chi connectivity index (χ0) is 24.9. The molecule has 0 radical (unpaired) electrons. The van der Waals surface area contributed by atoms with E-state index in [1.54, 1.807) is 24.3 Å². The molecule has 0 fully saturated rings. The lowest BCUT2D eigenvalue weighted by Gasteiger charge is -2.29. The van der Waals surface area contributed by atoms with E-state index in [1.165, 1.54) is 17.7 Å². The smallest absolute Gasteiger partial charge is 0.270 e. The van der Waals surface area contributed by atoms with Gasteiger partial charge in [0.1, 0.15) is 6.61 Å². The van der Waals surface area contributed by atoms with Crippen LogP contribution in [0.4, 0.5) is 5.69 Å². The Kier molecular flexibility index (Phi) is 6.65. The summed E-state index contributed by atoms with van der Waals surface area (Å²) in [4.78, 5) is 22.7. The standard InChI is InChI=1S/C28H23N5O3/c29-16-20-9-11-22(12-10-20)19-36-28-25-18-32(17-21-5-2-1-3-6-21)14-13-26(25)30-27(31-28)23-7-4-8-24(15-23)33(34)35/h1-12,15H,13-14,17-19H2. The van der Waals surface area contributed by atoms with Crippen molar-refractivity contribution in [1.82, 2.24) is 14.9 Å². The van der Waals surface area contributed by atoms with Gasteiger partial charge in [0.2, 0.25) is 5.88 Å². The molecule has 0 saturated carbocycles. The molecule has 1 aromatic heterocycles. The summed E-state index contributed by atoms with van der Waals surface area (Å²) in [6, 6.07) is 26.0. The van der Waals surface area contributed by atoms with Crippen LogP contribution < -0.4 is 4.74 Å². The van der Waals surface area contributed by atoms with E-state index in [9.17, 15) is 10.1 Å². The lowest BCUT2D eigenvalue weighted by atomic mass is 10.0. The van der Waals surface area contributed by atoms with Crippen molar-refractivity contribution in [2.75, 3.05) is 6.54 Å². The zero-order valence-electron chi connectivity index (χ0n) is 19.5. The minimum atomic E-state index is -0.425. The van der Waals surface area contributed by atoms with Crippen molar-refractivity contribution >= 4 is 5.69 Å². The summed E-state index contributed by atoms with van der Waals surface area (Å²) in [6.07, 6.45) is 0.722. The van der Waals surface area contributed by atoms with E-state index in [2.05, 4.69) is 23.1 Å². The molecule has 3 aromatic carbocycles. The fourth-order valence-corrected chi connectivity index (χ4v) is 4.25. The van der Waals surface area contributed by atoms with Crippen LogP contribution in [0.3, 0.4) is 0 Å². The molecule has 1 aliphatic rings. The van der Waals surface area contributed by atoms with E-state index in [4.69, 9.17) is 20.0 Å². The van der Waals surface area contributed by atoms with Gasteiger partial charge in [-0.25, -0.2) is 4.98 Å². The Bertz CT molecular complexity index is 1430. The highest BCUT2D eigenvalue weighted by molar-refractivity contribution is 5.60. The molecule has 5 rings (SSSR count). The van der Waals surface area contributed by atoms with E-state index < -0.39 is 4.92 Å². The van der Waals surface area contributed by atoms with Gasteiger partial charge in [-0.2, -0.15) is 10.2 Å². The van der Waals surface area contributed by atoms with Crippen LogP contribution in [0.2, 0.25) is 0 Å². The van der Waals surface area contributed by atoms with Gasteiger partial charge in [0, 0.05) is 49.3 Å². The van der Waals surface area contributed by atoms with E-state index in [0.29, 0.717) is 29.4 Å². The number of hydrogen-bond acceptors (Lipinski definition) is 7. The number of aromatic nitrogens is 2. The molecule has 0 saturated heterocycles. The first-order chi connectivity index (χ1) is 17.6. The molecule has 0 N–H and O–H groups in total. The van der Waals surface area contributed by atoms with E-state index in [0.717, 1.165) is 36.3 Å². The SMILES string of the molecule is N#Cc1ccc(COc2nc(-c3cccc([N+](=O)[O-])c3)nc3c2CN(Cc2ccccc2)CC3)cc1. The predicted molar refractivity (Wildman–Crippen MR) is 134 cm³/mol. The molecule has 0 spiro atoms. The fourth-order valence-electron chi connectivity index (χ4n) is 4.25. The first kappa shape index (κ1) is 23.1. The van der Waals surface area contributed by atoms with Gasteiger partial charge in [-0.3, -0.25) is 15.0 Å². The molecular weight excluding hydrogens is 454 g/mol. The molecular formula is C28H23N5O3. The number of benzene rings is 3. The maximum Gasteiger partial charge on any atom is 0.270 e. The largest absolute Gasteiger partial charge is 0.472 e. The molecule has 2 heterocycles. The molecule has 0 aliphatic carbocycles. The van der Waals surface area contributed by atoms with E-state index in [-0.39, 0.29) is 12.3 Å². The van der Waals surface area contributed by atoms with Crippen LogP contribution in [-0.2, 0) is 26.1 Å².